The number of rotatable bonds is 6. The molecule has 0 fully saturated rings. The summed E-state index contributed by atoms with van der Waals surface area (Å²) in [5.74, 6) is -1.28. The van der Waals surface area contributed by atoms with Crippen molar-refractivity contribution in [3.63, 3.8) is 0 Å². The van der Waals surface area contributed by atoms with Crippen molar-refractivity contribution in [1.82, 2.24) is 0 Å². The van der Waals surface area contributed by atoms with Gasteiger partial charge in [0.25, 0.3) is 0 Å². The summed E-state index contributed by atoms with van der Waals surface area (Å²) in [5.41, 5.74) is 2.48. The minimum Gasteiger partial charge on any atom is -0.478 e. The maximum atomic E-state index is 12.2. The molecule has 2 N–H and O–H groups in total. The predicted octanol–water partition coefficient (Wildman–Crippen LogP) is 5.34. The summed E-state index contributed by atoms with van der Waals surface area (Å²) in [4.78, 5) is 24.0. The molecule has 0 aliphatic heterocycles. The summed E-state index contributed by atoms with van der Waals surface area (Å²) in [5, 5.41) is 15.0. The Morgan fingerprint density at radius 1 is 1.04 bits per heavy atom. The number of thiophene rings is 1. The molecule has 1 aromatic heterocycles. The molecule has 0 spiro atoms. The molecule has 0 bridgehead atoms. The minimum absolute atomic E-state index is 0.102. The van der Waals surface area contributed by atoms with E-state index < -0.39 is 5.97 Å². The first kappa shape index (κ1) is 18.2. The normalized spacial score (nSPS) is 10.5. The van der Waals surface area contributed by atoms with Crippen LogP contribution < -0.4 is 5.32 Å². The van der Waals surface area contributed by atoms with Gasteiger partial charge in [0.1, 0.15) is 10.6 Å². The molecule has 2 aromatic carbocycles. The van der Waals surface area contributed by atoms with Crippen molar-refractivity contribution in [3.8, 4) is 11.1 Å². The van der Waals surface area contributed by atoms with Gasteiger partial charge in [0.2, 0.25) is 5.91 Å². The van der Waals surface area contributed by atoms with Gasteiger partial charge in [-0.3, -0.25) is 4.79 Å². The molecular formula is C20H16ClNO3S. The first-order chi connectivity index (χ1) is 12.5. The highest BCUT2D eigenvalue weighted by atomic mass is 35.5. The highest BCUT2D eigenvalue weighted by Crippen LogP contribution is 2.36. The summed E-state index contributed by atoms with van der Waals surface area (Å²) in [6.07, 6.45) is 0.891. The Hall–Kier alpha value is -2.63. The van der Waals surface area contributed by atoms with E-state index in [0.29, 0.717) is 22.0 Å². The number of hydrogen-bond donors (Lipinski definition) is 2. The number of aryl methyl sites for hydroxylation is 1. The maximum Gasteiger partial charge on any atom is 0.339 e. The zero-order valence-corrected chi connectivity index (χ0v) is 15.3. The van der Waals surface area contributed by atoms with E-state index in [4.69, 9.17) is 11.6 Å². The van der Waals surface area contributed by atoms with E-state index in [1.807, 2.05) is 30.3 Å². The van der Waals surface area contributed by atoms with Gasteiger partial charge in [0.15, 0.2) is 0 Å². The zero-order chi connectivity index (χ0) is 18.5. The fourth-order valence-electron chi connectivity index (χ4n) is 2.60. The van der Waals surface area contributed by atoms with Gasteiger partial charge in [0, 0.05) is 22.4 Å². The molecule has 3 rings (SSSR count). The number of halogens is 1. The van der Waals surface area contributed by atoms with Gasteiger partial charge in [-0.1, -0.05) is 54.1 Å². The van der Waals surface area contributed by atoms with E-state index >= 15 is 0 Å². The average molecular weight is 386 g/mol. The first-order valence-electron chi connectivity index (χ1n) is 7.99. The minimum atomic E-state index is -1.07. The van der Waals surface area contributed by atoms with Gasteiger partial charge in [-0.2, -0.15) is 0 Å². The molecule has 26 heavy (non-hydrogen) atoms. The number of carbonyl (C=O) groups excluding carboxylic acids is 1. The van der Waals surface area contributed by atoms with Crippen LogP contribution in [0.3, 0.4) is 0 Å². The van der Waals surface area contributed by atoms with Crippen LogP contribution in [0.2, 0.25) is 5.02 Å². The van der Waals surface area contributed by atoms with E-state index in [0.717, 1.165) is 11.1 Å². The van der Waals surface area contributed by atoms with Crippen LogP contribution in [-0.2, 0) is 11.2 Å². The summed E-state index contributed by atoms with van der Waals surface area (Å²) in [7, 11) is 0. The second kappa shape index (κ2) is 8.17. The number of aromatic carboxylic acids is 1. The monoisotopic (exact) mass is 385 g/mol. The zero-order valence-electron chi connectivity index (χ0n) is 13.7. The Morgan fingerprint density at radius 2 is 1.73 bits per heavy atom. The highest BCUT2D eigenvalue weighted by Gasteiger charge is 2.21. The first-order valence-corrected chi connectivity index (χ1v) is 9.25. The van der Waals surface area contributed by atoms with Crippen molar-refractivity contribution in [1.29, 1.82) is 0 Å². The van der Waals surface area contributed by atoms with Crippen molar-refractivity contribution >= 4 is 39.8 Å². The Labute approximate surface area is 160 Å². The standard InChI is InChI=1S/C20H16ClNO3S/c21-15-9-7-14(8-10-15)16-12-26-19(18(16)20(24)25)22-17(23)11-6-13-4-2-1-3-5-13/h1-5,7-10,12H,6,11H2,(H,22,23)(H,24,25). The summed E-state index contributed by atoms with van der Waals surface area (Å²) < 4.78 is 0. The van der Waals surface area contributed by atoms with Crippen molar-refractivity contribution in [2.45, 2.75) is 12.8 Å². The molecular weight excluding hydrogens is 370 g/mol. The van der Waals surface area contributed by atoms with Gasteiger partial charge in [0.05, 0.1) is 0 Å². The number of carbonyl (C=O) groups is 2. The summed E-state index contributed by atoms with van der Waals surface area (Å²) in [6, 6.07) is 16.6. The molecule has 0 saturated carbocycles. The van der Waals surface area contributed by atoms with Crippen molar-refractivity contribution in [2.75, 3.05) is 5.32 Å². The van der Waals surface area contributed by atoms with Crippen LogP contribution in [0.5, 0.6) is 0 Å². The maximum absolute atomic E-state index is 12.2. The fraction of sp³-hybridized carbons (Fsp3) is 0.100. The number of hydrogen-bond acceptors (Lipinski definition) is 3. The van der Waals surface area contributed by atoms with Crippen LogP contribution in [0.4, 0.5) is 5.00 Å². The SMILES string of the molecule is O=C(CCc1ccccc1)Nc1scc(-c2ccc(Cl)cc2)c1C(=O)O. The molecule has 0 aliphatic rings. The molecule has 3 aromatic rings. The molecule has 0 radical (unpaired) electrons. The number of anilines is 1. The summed E-state index contributed by atoms with van der Waals surface area (Å²) in [6.45, 7) is 0. The quantitative estimate of drug-likeness (QED) is 0.602. The average Bonchev–Trinajstić information content (AvgIpc) is 3.05. The molecule has 0 aliphatic carbocycles. The summed E-state index contributed by atoms with van der Waals surface area (Å²) >= 11 is 7.10. The smallest absolute Gasteiger partial charge is 0.339 e. The van der Waals surface area contributed by atoms with E-state index in [9.17, 15) is 14.7 Å². The molecule has 0 saturated heterocycles. The lowest BCUT2D eigenvalue weighted by Gasteiger charge is -2.06. The third-order valence-electron chi connectivity index (χ3n) is 3.90. The highest BCUT2D eigenvalue weighted by molar-refractivity contribution is 7.15. The largest absolute Gasteiger partial charge is 0.478 e. The number of nitrogens with one attached hydrogen (secondary N) is 1. The molecule has 132 valence electrons. The Bertz CT molecular complexity index is 920. The van der Waals surface area contributed by atoms with E-state index in [1.54, 1.807) is 29.6 Å². The van der Waals surface area contributed by atoms with Crippen LogP contribution in [0.25, 0.3) is 11.1 Å². The Balaban J connectivity index is 1.76. The molecule has 0 atom stereocenters. The van der Waals surface area contributed by atoms with E-state index in [2.05, 4.69) is 5.32 Å². The number of carboxylic acids is 1. The second-order valence-electron chi connectivity index (χ2n) is 5.70. The Kier molecular flexibility index (Phi) is 5.71. The van der Waals surface area contributed by atoms with E-state index in [-0.39, 0.29) is 17.9 Å². The Morgan fingerprint density at radius 3 is 2.38 bits per heavy atom. The van der Waals surface area contributed by atoms with Gasteiger partial charge in [-0.25, -0.2) is 4.79 Å². The third kappa shape index (κ3) is 4.31. The topological polar surface area (TPSA) is 66.4 Å². The number of benzene rings is 2. The van der Waals surface area contributed by atoms with Crippen LogP contribution in [0, 0.1) is 0 Å². The van der Waals surface area contributed by atoms with Crippen LogP contribution in [-0.4, -0.2) is 17.0 Å². The molecule has 0 unspecified atom stereocenters. The number of amides is 1. The van der Waals surface area contributed by atoms with Gasteiger partial charge in [-0.05, 0) is 29.7 Å². The lowest BCUT2D eigenvalue weighted by atomic mass is 10.0. The van der Waals surface area contributed by atoms with Crippen molar-refractivity contribution < 1.29 is 14.7 Å². The van der Waals surface area contributed by atoms with Gasteiger partial charge >= 0.3 is 5.97 Å². The number of carboxylic acid groups (broad SMARTS) is 1. The molecule has 1 amide bonds. The second-order valence-corrected chi connectivity index (χ2v) is 7.02. The predicted molar refractivity (Wildman–Crippen MR) is 105 cm³/mol. The van der Waals surface area contributed by atoms with Gasteiger partial charge in [-0.15, -0.1) is 11.3 Å². The van der Waals surface area contributed by atoms with Crippen LogP contribution >= 0.6 is 22.9 Å². The molecule has 4 nitrogen and oxygen atoms in total. The molecule has 1 heterocycles. The van der Waals surface area contributed by atoms with E-state index in [1.165, 1.54) is 11.3 Å². The lowest BCUT2D eigenvalue weighted by Crippen LogP contribution is -2.14. The third-order valence-corrected chi connectivity index (χ3v) is 5.04. The van der Waals surface area contributed by atoms with Crippen molar-refractivity contribution in [2.24, 2.45) is 0 Å². The van der Waals surface area contributed by atoms with Crippen LogP contribution in [0.15, 0.2) is 60.0 Å². The van der Waals surface area contributed by atoms with Crippen molar-refractivity contribution in [3.05, 3.63) is 76.1 Å². The van der Waals surface area contributed by atoms with Crippen LogP contribution in [0.1, 0.15) is 22.3 Å². The molecule has 6 heteroatoms. The van der Waals surface area contributed by atoms with Gasteiger partial charge < -0.3 is 10.4 Å². The lowest BCUT2D eigenvalue weighted by molar-refractivity contribution is -0.116. The fourth-order valence-corrected chi connectivity index (χ4v) is 3.70.